The number of aromatic nitrogens is 1. The van der Waals surface area contributed by atoms with Gasteiger partial charge in [0.2, 0.25) is 0 Å². The smallest absolute Gasteiger partial charge is 0.135 e. The van der Waals surface area contributed by atoms with Crippen LogP contribution in [0, 0.1) is 6.92 Å². The number of hydrogen-bond donors (Lipinski definition) is 0. The van der Waals surface area contributed by atoms with E-state index >= 15 is 0 Å². The van der Waals surface area contributed by atoms with Crippen molar-refractivity contribution in [2.45, 2.75) is 6.42 Å². The maximum Gasteiger partial charge on any atom is 0.135 e. The van der Waals surface area contributed by atoms with E-state index in [0.717, 1.165) is 33.1 Å². The van der Waals surface area contributed by atoms with Crippen molar-refractivity contribution in [1.82, 2.24) is 4.98 Å². The molecule has 0 unspecified atom stereocenters. The Labute approximate surface area is 97.4 Å². The van der Waals surface area contributed by atoms with Gasteiger partial charge in [0.1, 0.15) is 5.75 Å². The predicted octanol–water partition coefficient (Wildman–Crippen LogP) is 3.38. The van der Waals surface area contributed by atoms with Crippen molar-refractivity contribution in [3.8, 4) is 5.75 Å². The third kappa shape index (κ3) is 1.97. The van der Waals surface area contributed by atoms with Gasteiger partial charge in [-0.25, -0.2) is 0 Å². The first kappa shape index (κ1) is 10.4. The Morgan fingerprint density at radius 2 is 2.20 bits per heavy atom. The van der Waals surface area contributed by atoms with E-state index in [1.807, 2.05) is 18.3 Å². The molecule has 1 heterocycles. The molecule has 0 atom stereocenters. The first-order chi connectivity index (χ1) is 7.24. The predicted molar refractivity (Wildman–Crippen MR) is 65.1 cm³/mol. The van der Waals surface area contributed by atoms with Gasteiger partial charge in [-0.2, -0.15) is 0 Å². The van der Waals surface area contributed by atoms with E-state index in [9.17, 15) is 0 Å². The lowest BCUT2D eigenvalue weighted by Crippen LogP contribution is -1.88. The molecule has 77 valence electrons. The molecule has 1 radical (unpaired) electrons. The first-order valence-corrected chi connectivity index (χ1v) is 5.45. The molecule has 1 aromatic heterocycles. The van der Waals surface area contributed by atoms with Gasteiger partial charge in [0, 0.05) is 17.6 Å². The van der Waals surface area contributed by atoms with E-state index < -0.39 is 0 Å². The lowest BCUT2D eigenvalue weighted by molar-refractivity contribution is 0.412. The Hall–Kier alpha value is -1.09. The second-order valence-corrected chi connectivity index (χ2v) is 4.13. The highest BCUT2D eigenvalue weighted by Crippen LogP contribution is 2.29. The molecule has 0 bridgehead atoms. The van der Waals surface area contributed by atoms with Gasteiger partial charge in [-0.05, 0) is 47.0 Å². The largest absolute Gasteiger partial charge is 0.495 e. The molecule has 0 aliphatic carbocycles. The summed E-state index contributed by atoms with van der Waals surface area (Å²) in [6.07, 6.45) is 2.61. The molecule has 15 heavy (non-hydrogen) atoms. The number of pyridine rings is 1. The summed E-state index contributed by atoms with van der Waals surface area (Å²) in [6, 6.07) is 6.03. The summed E-state index contributed by atoms with van der Waals surface area (Å²) in [4.78, 5) is 4.36. The zero-order valence-corrected chi connectivity index (χ0v) is 10.0. The second-order valence-electron chi connectivity index (χ2n) is 3.27. The summed E-state index contributed by atoms with van der Waals surface area (Å²) in [5.41, 5.74) is 2.08. The number of methoxy groups -OCH3 is 1. The van der Waals surface area contributed by atoms with Crippen LogP contribution in [0.25, 0.3) is 10.9 Å². The van der Waals surface area contributed by atoms with Gasteiger partial charge in [0.05, 0.1) is 17.1 Å². The highest BCUT2D eigenvalue weighted by atomic mass is 79.9. The minimum absolute atomic E-state index is 0.757. The van der Waals surface area contributed by atoms with Crippen molar-refractivity contribution < 1.29 is 4.74 Å². The number of fused-ring (bicyclic) bond motifs is 1. The number of halogens is 1. The normalized spacial score (nSPS) is 10.6. The Balaban J connectivity index is 2.65. The molecule has 0 saturated carbocycles. The molecule has 0 aliphatic heterocycles. The molecule has 0 saturated heterocycles. The fourth-order valence-electron chi connectivity index (χ4n) is 1.47. The van der Waals surface area contributed by atoms with Crippen molar-refractivity contribution in [2.75, 3.05) is 7.11 Å². The van der Waals surface area contributed by atoms with E-state index in [0.29, 0.717) is 0 Å². The Kier molecular flexibility index (Phi) is 2.91. The Morgan fingerprint density at radius 1 is 1.40 bits per heavy atom. The number of nitrogens with zero attached hydrogens (tertiary/aromatic N) is 1. The van der Waals surface area contributed by atoms with Crippen LogP contribution in [0.1, 0.15) is 5.56 Å². The molecule has 0 amide bonds. The maximum absolute atomic E-state index is 5.21. The molecule has 0 aliphatic rings. The minimum Gasteiger partial charge on any atom is -0.495 e. The van der Waals surface area contributed by atoms with Crippen LogP contribution in [0.2, 0.25) is 0 Å². The molecular weight excluding hydrogens is 254 g/mol. The SMILES string of the molecule is [CH2]Cc1cnc2cc(OC)c(Br)cc2c1. The number of ether oxygens (including phenoxy) is 1. The van der Waals surface area contributed by atoms with Crippen molar-refractivity contribution >= 4 is 26.8 Å². The van der Waals surface area contributed by atoms with Gasteiger partial charge in [0.25, 0.3) is 0 Å². The van der Waals surface area contributed by atoms with E-state index in [1.54, 1.807) is 7.11 Å². The standard InChI is InChI=1S/C12H11BrNO/c1-3-8-4-9-5-10(13)12(15-2)6-11(9)14-7-8/h4-7H,1,3H2,2H3. The zero-order chi connectivity index (χ0) is 10.8. The summed E-state index contributed by atoms with van der Waals surface area (Å²) >= 11 is 3.46. The van der Waals surface area contributed by atoms with Crippen molar-refractivity contribution in [2.24, 2.45) is 0 Å². The van der Waals surface area contributed by atoms with E-state index in [4.69, 9.17) is 4.74 Å². The van der Waals surface area contributed by atoms with Crippen molar-refractivity contribution in [3.05, 3.63) is 41.4 Å². The third-order valence-electron chi connectivity index (χ3n) is 2.30. The van der Waals surface area contributed by atoms with E-state index in [2.05, 4.69) is 33.9 Å². The van der Waals surface area contributed by atoms with Gasteiger partial charge in [-0.1, -0.05) is 0 Å². The van der Waals surface area contributed by atoms with Gasteiger partial charge in [0.15, 0.2) is 0 Å². The van der Waals surface area contributed by atoms with Crippen LogP contribution in [0.15, 0.2) is 28.9 Å². The van der Waals surface area contributed by atoms with Crippen molar-refractivity contribution in [3.63, 3.8) is 0 Å². The monoisotopic (exact) mass is 264 g/mol. The van der Waals surface area contributed by atoms with Crippen LogP contribution >= 0.6 is 15.9 Å². The van der Waals surface area contributed by atoms with Crippen LogP contribution < -0.4 is 4.74 Å². The lowest BCUT2D eigenvalue weighted by atomic mass is 10.1. The third-order valence-corrected chi connectivity index (χ3v) is 2.92. The quantitative estimate of drug-likeness (QED) is 0.830. The second kappa shape index (κ2) is 4.19. The topological polar surface area (TPSA) is 22.1 Å². The molecule has 3 heteroatoms. The summed E-state index contributed by atoms with van der Waals surface area (Å²) in [5.74, 6) is 0.803. The van der Waals surface area contributed by atoms with Crippen LogP contribution in [0.3, 0.4) is 0 Å². The van der Waals surface area contributed by atoms with E-state index in [1.165, 1.54) is 0 Å². The van der Waals surface area contributed by atoms with Gasteiger partial charge >= 0.3 is 0 Å². The molecule has 2 nitrogen and oxygen atoms in total. The Bertz CT molecular complexity index is 496. The minimum atomic E-state index is 0.757. The molecule has 2 rings (SSSR count). The number of benzene rings is 1. The number of hydrogen-bond acceptors (Lipinski definition) is 2. The van der Waals surface area contributed by atoms with Gasteiger partial charge < -0.3 is 4.74 Å². The fourth-order valence-corrected chi connectivity index (χ4v) is 1.99. The summed E-state index contributed by atoms with van der Waals surface area (Å²) in [7, 11) is 1.65. The maximum atomic E-state index is 5.21. The van der Waals surface area contributed by atoms with Crippen LogP contribution in [-0.4, -0.2) is 12.1 Å². The van der Waals surface area contributed by atoms with E-state index in [-0.39, 0.29) is 0 Å². The molecule has 1 aromatic carbocycles. The van der Waals surface area contributed by atoms with Crippen LogP contribution in [0.4, 0.5) is 0 Å². The molecule has 0 spiro atoms. The molecule has 0 fully saturated rings. The summed E-state index contributed by atoms with van der Waals surface area (Å²) in [5, 5.41) is 1.10. The molecular formula is C12H11BrNO. The molecule has 0 N–H and O–H groups in total. The average molecular weight is 265 g/mol. The van der Waals surface area contributed by atoms with Crippen LogP contribution in [0.5, 0.6) is 5.75 Å². The summed E-state index contributed by atoms with van der Waals surface area (Å²) in [6.45, 7) is 3.84. The fraction of sp³-hybridized carbons (Fsp3) is 0.167. The highest BCUT2D eigenvalue weighted by Gasteiger charge is 2.04. The highest BCUT2D eigenvalue weighted by molar-refractivity contribution is 9.10. The first-order valence-electron chi connectivity index (χ1n) is 4.66. The zero-order valence-electron chi connectivity index (χ0n) is 8.46. The van der Waals surface area contributed by atoms with Crippen LogP contribution in [-0.2, 0) is 6.42 Å². The lowest BCUT2D eigenvalue weighted by Gasteiger charge is -2.06. The molecule has 2 aromatic rings. The average Bonchev–Trinajstić information content (AvgIpc) is 2.27. The van der Waals surface area contributed by atoms with Gasteiger partial charge in [-0.3, -0.25) is 4.98 Å². The number of rotatable bonds is 2. The van der Waals surface area contributed by atoms with Crippen molar-refractivity contribution in [1.29, 1.82) is 0 Å². The summed E-state index contributed by atoms with van der Waals surface area (Å²) < 4.78 is 6.16. The Morgan fingerprint density at radius 3 is 2.87 bits per heavy atom. The van der Waals surface area contributed by atoms with Gasteiger partial charge in [-0.15, -0.1) is 0 Å².